The Bertz CT molecular complexity index is 938. The zero-order valence-electron chi connectivity index (χ0n) is 15.7. The van der Waals surface area contributed by atoms with E-state index in [1.807, 2.05) is 0 Å². The topological polar surface area (TPSA) is 92.8 Å². The number of ether oxygens (including phenoxy) is 1. The Morgan fingerprint density at radius 2 is 1.71 bits per heavy atom. The van der Waals surface area contributed by atoms with Gasteiger partial charge in [-0.1, -0.05) is 36.4 Å². The quantitative estimate of drug-likeness (QED) is 0.539. The number of benzene rings is 2. The highest BCUT2D eigenvalue weighted by molar-refractivity contribution is 7.89. The molecule has 0 heterocycles. The van der Waals surface area contributed by atoms with Crippen LogP contribution in [-0.4, -0.2) is 45.8 Å². The minimum Gasteiger partial charge on any atom is -0.444 e. The van der Waals surface area contributed by atoms with Gasteiger partial charge in [0.15, 0.2) is 0 Å². The molecular weight excluding hydrogens is 380 g/mol. The Morgan fingerprint density at radius 3 is 2.25 bits per heavy atom. The molecule has 0 bridgehead atoms. The van der Waals surface area contributed by atoms with E-state index in [2.05, 4.69) is 11.3 Å². The van der Waals surface area contributed by atoms with Crippen LogP contribution in [0.1, 0.15) is 22.0 Å². The molecule has 0 aliphatic heterocycles. The Hall–Kier alpha value is -2.97. The van der Waals surface area contributed by atoms with Gasteiger partial charge < -0.3 is 9.64 Å². The second-order valence-electron chi connectivity index (χ2n) is 6.09. The number of carbonyl (C=O) groups excluding carboxylic acids is 2. The van der Waals surface area contributed by atoms with Crippen LogP contribution in [0.15, 0.2) is 72.1 Å². The number of hydrogen-bond acceptors (Lipinski definition) is 5. The maximum Gasteiger partial charge on any atom is 0.339 e. The number of nitrogens with one attached hydrogen (secondary N) is 1. The lowest BCUT2D eigenvalue weighted by Crippen LogP contribution is -2.31. The van der Waals surface area contributed by atoms with Gasteiger partial charge in [0.1, 0.15) is 0 Å². The third-order valence-electron chi connectivity index (χ3n) is 3.81. The summed E-state index contributed by atoms with van der Waals surface area (Å²) in [6.45, 7) is 3.55. The normalized spacial score (nSPS) is 12.1. The number of nitrogens with zero attached hydrogens (tertiary/aromatic N) is 1. The summed E-state index contributed by atoms with van der Waals surface area (Å²) in [6, 6.07) is 14.0. The second kappa shape index (κ2) is 9.29. The maximum absolute atomic E-state index is 12.5. The van der Waals surface area contributed by atoms with E-state index in [4.69, 9.17) is 4.74 Å². The van der Waals surface area contributed by atoms with Crippen molar-refractivity contribution in [1.29, 1.82) is 0 Å². The first-order valence-corrected chi connectivity index (χ1v) is 9.92. The predicted octanol–water partition coefficient (Wildman–Crippen LogP) is 2.14. The van der Waals surface area contributed by atoms with Crippen LogP contribution in [-0.2, 0) is 19.6 Å². The predicted molar refractivity (Wildman–Crippen MR) is 105 cm³/mol. The standard InChI is InChI=1S/C20H22N2O5S/c1-4-14-21-28(25,26)17-12-10-16(11-13-17)20(24)27-18(19(23)22(2)3)15-8-6-5-7-9-15/h4-13,18,21H,1,14H2,2-3H3/t18-/m1/s1. The smallest absolute Gasteiger partial charge is 0.339 e. The molecule has 7 nitrogen and oxygen atoms in total. The van der Waals surface area contributed by atoms with Gasteiger partial charge in [0.2, 0.25) is 16.1 Å². The van der Waals surface area contributed by atoms with E-state index in [9.17, 15) is 18.0 Å². The molecule has 1 N–H and O–H groups in total. The van der Waals surface area contributed by atoms with Gasteiger partial charge in [-0.15, -0.1) is 6.58 Å². The number of carbonyl (C=O) groups is 2. The van der Waals surface area contributed by atoms with Crippen LogP contribution in [0, 0.1) is 0 Å². The van der Waals surface area contributed by atoms with Crippen LogP contribution in [0.5, 0.6) is 0 Å². The van der Waals surface area contributed by atoms with Gasteiger partial charge in [-0.25, -0.2) is 17.9 Å². The molecule has 0 aromatic heterocycles. The van der Waals surface area contributed by atoms with Crippen molar-refractivity contribution in [3.63, 3.8) is 0 Å². The molecule has 28 heavy (non-hydrogen) atoms. The van der Waals surface area contributed by atoms with E-state index in [-0.39, 0.29) is 22.9 Å². The van der Waals surface area contributed by atoms with Gasteiger partial charge in [-0.3, -0.25) is 4.79 Å². The third-order valence-corrected chi connectivity index (χ3v) is 5.25. The molecule has 148 valence electrons. The first-order chi connectivity index (χ1) is 13.3. The number of hydrogen-bond donors (Lipinski definition) is 1. The molecule has 0 unspecified atom stereocenters. The first kappa shape index (κ1) is 21.3. The molecular formula is C20H22N2O5S. The fourth-order valence-corrected chi connectivity index (χ4v) is 3.32. The summed E-state index contributed by atoms with van der Waals surface area (Å²) < 4.78 is 31.9. The van der Waals surface area contributed by atoms with Crippen molar-refractivity contribution in [3.8, 4) is 0 Å². The Balaban J connectivity index is 2.22. The van der Waals surface area contributed by atoms with Crippen LogP contribution in [0.25, 0.3) is 0 Å². The lowest BCUT2D eigenvalue weighted by Gasteiger charge is -2.21. The highest BCUT2D eigenvalue weighted by atomic mass is 32.2. The molecule has 1 amide bonds. The third kappa shape index (κ3) is 5.28. The van der Waals surface area contributed by atoms with Crippen molar-refractivity contribution in [2.24, 2.45) is 0 Å². The van der Waals surface area contributed by atoms with Gasteiger partial charge in [0.05, 0.1) is 10.5 Å². The Morgan fingerprint density at radius 1 is 1.11 bits per heavy atom. The van der Waals surface area contributed by atoms with Crippen LogP contribution in [0.3, 0.4) is 0 Å². The number of likely N-dealkylation sites (N-methyl/N-ethyl adjacent to an activating group) is 1. The molecule has 0 radical (unpaired) electrons. The molecule has 0 saturated carbocycles. The Kier molecular flexibility index (Phi) is 7.08. The second-order valence-corrected chi connectivity index (χ2v) is 7.86. The molecule has 0 aliphatic rings. The van der Waals surface area contributed by atoms with E-state index < -0.39 is 22.1 Å². The van der Waals surface area contributed by atoms with E-state index >= 15 is 0 Å². The largest absolute Gasteiger partial charge is 0.444 e. The van der Waals surface area contributed by atoms with Crippen LogP contribution in [0.2, 0.25) is 0 Å². The molecule has 0 saturated heterocycles. The van der Waals surface area contributed by atoms with Gasteiger partial charge in [-0.05, 0) is 24.3 Å². The molecule has 2 rings (SSSR count). The monoisotopic (exact) mass is 402 g/mol. The molecule has 2 aromatic carbocycles. The van der Waals surface area contributed by atoms with Crippen molar-refractivity contribution < 1.29 is 22.7 Å². The number of esters is 1. The number of amides is 1. The number of sulfonamides is 1. The zero-order chi connectivity index (χ0) is 20.7. The van der Waals surface area contributed by atoms with E-state index in [1.165, 1.54) is 35.2 Å². The van der Waals surface area contributed by atoms with Crippen molar-refractivity contribution in [3.05, 3.63) is 78.4 Å². The van der Waals surface area contributed by atoms with Crippen molar-refractivity contribution in [2.45, 2.75) is 11.0 Å². The van der Waals surface area contributed by atoms with Gasteiger partial charge >= 0.3 is 5.97 Å². The van der Waals surface area contributed by atoms with Crippen LogP contribution < -0.4 is 4.72 Å². The minimum atomic E-state index is -3.69. The number of rotatable bonds is 8. The maximum atomic E-state index is 12.5. The van der Waals surface area contributed by atoms with Crippen molar-refractivity contribution in [2.75, 3.05) is 20.6 Å². The summed E-state index contributed by atoms with van der Waals surface area (Å²) in [5.41, 5.74) is 0.678. The van der Waals surface area contributed by atoms with Gasteiger partial charge in [0.25, 0.3) is 5.91 Å². The van der Waals surface area contributed by atoms with Gasteiger partial charge in [0, 0.05) is 26.2 Å². The fraction of sp³-hybridized carbons (Fsp3) is 0.200. The summed E-state index contributed by atoms with van der Waals surface area (Å²) >= 11 is 0. The summed E-state index contributed by atoms with van der Waals surface area (Å²) in [5, 5.41) is 0. The summed E-state index contributed by atoms with van der Waals surface area (Å²) in [5.74, 6) is -1.11. The van der Waals surface area contributed by atoms with Crippen LogP contribution in [0.4, 0.5) is 0 Å². The summed E-state index contributed by atoms with van der Waals surface area (Å²) in [7, 11) is -0.547. The fourth-order valence-electron chi connectivity index (χ4n) is 2.32. The van der Waals surface area contributed by atoms with Crippen LogP contribution >= 0.6 is 0 Å². The van der Waals surface area contributed by atoms with Crippen molar-refractivity contribution >= 4 is 21.9 Å². The minimum absolute atomic E-state index is 0.00915. The summed E-state index contributed by atoms with van der Waals surface area (Å²) in [4.78, 5) is 26.3. The van der Waals surface area contributed by atoms with E-state index in [0.717, 1.165) is 0 Å². The molecule has 0 spiro atoms. The summed E-state index contributed by atoms with van der Waals surface area (Å²) in [6.07, 6.45) is 0.329. The molecule has 1 atom stereocenters. The Labute approximate surface area is 164 Å². The highest BCUT2D eigenvalue weighted by Crippen LogP contribution is 2.21. The lowest BCUT2D eigenvalue weighted by molar-refractivity contribution is -0.138. The lowest BCUT2D eigenvalue weighted by atomic mass is 10.1. The molecule has 2 aromatic rings. The SMILES string of the molecule is C=CCNS(=O)(=O)c1ccc(C(=O)O[C@@H](C(=O)N(C)C)c2ccccc2)cc1. The molecule has 0 fully saturated rings. The molecule has 0 aliphatic carbocycles. The first-order valence-electron chi connectivity index (χ1n) is 8.44. The molecule has 8 heteroatoms. The van der Waals surface area contributed by atoms with Gasteiger partial charge in [-0.2, -0.15) is 0 Å². The average Bonchev–Trinajstić information content (AvgIpc) is 2.70. The zero-order valence-corrected chi connectivity index (χ0v) is 16.5. The van der Waals surface area contributed by atoms with E-state index in [1.54, 1.807) is 44.4 Å². The van der Waals surface area contributed by atoms with Crippen molar-refractivity contribution in [1.82, 2.24) is 9.62 Å². The van der Waals surface area contributed by atoms with E-state index in [0.29, 0.717) is 5.56 Å². The average molecular weight is 402 g/mol. The highest BCUT2D eigenvalue weighted by Gasteiger charge is 2.27.